The molecule has 1 aliphatic rings. The number of sulfonamides is 1. The van der Waals surface area contributed by atoms with Crippen LogP contribution in [-0.4, -0.2) is 32.9 Å². The molecule has 0 saturated heterocycles. The fraction of sp³-hybridized carbons (Fsp3) is 0.500. The van der Waals surface area contributed by atoms with Crippen LogP contribution in [0.2, 0.25) is 0 Å². The van der Waals surface area contributed by atoms with E-state index in [-0.39, 0.29) is 5.09 Å². The minimum Gasteiger partial charge on any atom is -0.447 e. The average Bonchev–Trinajstić information content (AvgIpc) is 2.97. The molecule has 0 spiro atoms. The molecule has 100 valence electrons. The molecule has 6 heteroatoms. The van der Waals surface area contributed by atoms with Gasteiger partial charge in [0.05, 0.1) is 6.54 Å². The third kappa shape index (κ3) is 2.82. The lowest BCUT2D eigenvalue weighted by Crippen LogP contribution is -2.25. The summed E-state index contributed by atoms with van der Waals surface area (Å²) in [7, 11) is -0.495. The van der Waals surface area contributed by atoms with Crippen LogP contribution < -0.4 is 5.32 Å². The van der Waals surface area contributed by atoms with Crippen molar-refractivity contribution in [3.8, 4) is 0 Å². The summed E-state index contributed by atoms with van der Waals surface area (Å²) in [5.74, 6) is 0.641. The van der Waals surface area contributed by atoms with Crippen LogP contribution in [0.25, 0.3) is 0 Å². The van der Waals surface area contributed by atoms with Crippen molar-refractivity contribution < 1.29 is 12.8 Å². The van der Waals surface area contributed by atoms with E-state index in [0.717, 1.165) is 17.1 Å². The maximum absolute atomic E-state index is 11.8. The van der Waals surface area contributed by atoms with E-state index in [1.165, 1.54) is 20.2 Å². The van der Waals surface area contributed by atoms with E-state index in [9.17, 15) is 8.42 Å². The summed E-state index contributed by atoms with van der Waals surface area (Å²) in [6, 6.07) is 3.63. The second kappa shape index (κ2) is 5.26. The van der Waals surface area contributed by atoms with E-state index < -0.39 is 10.0 Å². The van der Waals surface area contributed by atoms with Gasteiger partial charge in [0, 0.05) is 20.1 Å². The maximum atomic E-state index is 11.8. The zero-order valence-corrected chi connectivity index (χ0v) is 11.4. The summed E-state index contributed by atoms with van der Waals surface area (Å²) < 4.78 is 30.1. The van der Waals surface area contributed by atoms with Crippen molar-refractivity contribution in [3.63, 3.8) is 0 Å². The topological polar surface area (TPSA) is 62.6 Å². The smallest absolute Gasteiger partial charge is 0.275 e. The first-order chi connectivity index (χ1) is 8.50. The Bertz CT molecular complexity index is 523. The molecule has 1 N–H and O–H groups in total. The van der Waals surface area contributed by atoms with Crippen LogP contribution in [0.1, 0.15) is 18.6 Å². The van der Waals surface area contributed by atoms with Crippen molar-refractivity contribution in [2.75, 3.05) is 14.1 Å². The molecule has 18 heavy (non-hydrogen) atoms. The van der Waals surface area contributed by atoms with Gasteiger partial charge in [-0.15, -0.1) is 0 Å². The fourth-order valence-electron chi connectivity index (χ4n) is 1.80. The van der Waals surface area contributed by atoms with Gasteiger partial charge in [0.15, 0.2) is 0 Å². The highest BCUT2D eigenvalue weighted by Crippen LogP contribution is 2.17. The van der Waals surface area contributed by atoms with Crippen LogP contribution in [0, 0.1) is 0 Å². The molecule has 0 fully saturated rings. The number of hydrogen-bond donors (Lipinski definition) is 1. The van der Waals surface area contributed by atoms with Crippen molar-refractivity contribution in [2.24, 2.45) is 0 Å². The Hall–Kier alpha value is -1.11. The first-order valence-electron chi connectivity index (χ1n) is 5.90. The molecule has 1 aliphatic carbocycles. The molecule has 2 rings (SSSR count). The summed E-state index contributed by atoms with van der Waals surface area (Å²) in [5.41, 5.74) is 0. The predicted molar refractivity (Wildman–Crippen MR) is 68.6 cm³/mol. The van der Waals surface area contributed by atoms with Gasteiger partial charge in [-0.2, -0.15) is 0 Å². The quantitative estimate of drug-likeness (QED) is 0.820. The first kappa shape index (κ1) is 13.3. The van der Waals surface area contributed by atoms with Crippen molar-refractivity contribution in [1.29, 1.82) is 0 Å². The van der Waals surface area contributed by atoms with Crippen LogP contribution in [0.5, 0.6) is 0 Å². The van der Waals surface area contributed by atoms with Gasteiger partial charge in [0.1, 0.15) is 5.76 Å². The molecular weight excluding hydrogens is 252 g/mol. The summed E-state index contributed by atoms with van der Waals surface area (Å²) in [4.78, 5) is 0. The second-order valence-corrected chi connectivity index (χ2v) is 6.61. The Labute approximate surface area is 108 Å². The maximum Gasteiger partial charge on any atom is 0.275 e. The third-order valence-electron chi connectivity index (χ3n) is 2.94. The van der Waals surface area contributed by atoms with E-state index in [2.05, 4.69) is 17.5 Å². The van der Waals surface area contributed by atoms with E-state index in [0.29, 0.717) is 18.3 Å². The number of nitrogens with one attached hydrogen (secondary N) is 1. The highest BCUT2D eigenvalue weighted by Gasteiger charge is 2.21. The van der Waals surface area contributed by atoms with Gasteiger partial charge in [-0.25, -0.2) is 12.7 Å². The van der Waals surface area contributed by atoms with Crippen LogP contribution in [0.15, 0.2) is 33.8 Å². The minimum atomic E-state index is -3.47. The summed E-state index contributed by atoms with van der Waals surface area (Å²) in [6.07, 6.45) is 6.32. The molecule has 0 unspecified atom stereocenters. The number of nitrogens with zero attached hydrogens (tertiary/aromatic N) is 1. The average molecular weight is 270 g/mol. The Kier molecular flexibility index (Phi) is 3.89. The molecule has 1 heterocycles. The van der Waals surface area contributed by atoms with Crippen LogP contribution in [0.4, 0.5) is 0 Å². The van der Waals surface area contributed by atoms with Gasteiger partial charge in [-0.05, 0) is 25.0 Å². The summed E-state index contributed by atoms with van der Waals surface area (Å²) in [5, 5.41) is 3.32. The van der Waals surface area contributed by atoms with E-state index in [1.807, 2.05) is 0 Å². The highest BCUT2D eigenvalue weighted by molar-refractivity contribution is 7.88. The SMILES string of the molecule is CN(C)S(=O)(=O)c1ccc(CNC2CC=CC2)o1. The summed E-state index contributed by atoms with van der Waals surface area (Å²) >= 11 is 0. The third-order valence-corrected chi connectivity index (χ3v) is 4.63. The lowest BCUT2D eigenvalue weighted by Gasteiger charge is -2.10. The molecule has 0 radical (unpaired) electrons. The zero-order valence-electron chi connectivity index (χ0n) is 10.6. The molecule has 1 aromatic heterocycles. The molecule has 0 amide bonds. The van der Waals surface area contributed by atoms with Crippen LogP contribution in [-0.2, 0) is 16.6 Å². The summed E-state index contributed by atoms with van der Waals surface area (Å²) in [6.45, 7) is 0.551. The van der Waals surface area contributed by atoms with E-state index in [1.54, 1.807) is 6.07 Å². The molecule has 0 aromatic carbocycles. The van der Waals surface area contributed by atoms with Gasteiger partial charge in [-0.3, -0.25) is 0 Å². The predicted octanol–water partition coefficient (Wildman–Crippen LogP) is 1.34. The first-order valence-corrected chi connectivity index (χ1v) is 7.34. The Morgan fingerprint density at radius 3 is 2.61 bits per heavy atom. The molecular formula is C12H18N2O3S. The molecule has 0 saturated carbocycles. The van der Waals surface area contributed by atoms with Gasteiger partial charge in [0.2, 0.25) is 5.09 Å². The monoisotopic (exact) mass is 270 g/mol. The van der Waals surface area contributed by atoms with E-state index in [4.69, 9.17) is 4.42 Å². The highest BCUT2D eigenvalue weighted by atomic mass is 32.2. The number of furan rings is 1. The number of hydrogen-bond acceptors (Lipinski definition) is 4. The van der Waals surface area contributed by atoms with Crippen LogP contribution in [0.3, 0.4) is 0 Å². The molecule has 0 bridgehead atoms. The number of rotatable bonds is 5. The second-order valence-electron chi connectivity index (χ2n) is 4.53. The van der Waals surface area contributed by atoms with Crippen molar-refractivity contribution in [2.45, 2.75) is 30.5 Å². The minimum absolute atomic E-state index is 0.00570. The lowest BCUT2D eigenvalue weighted by molar-refractivity contribution is 0.380. The van der Waals surface area contributed by atoms with Gasteiger partial charge in [-0.1, -0.05) is 12.2 Å². The standard InChI is InChI=1S/C12H18N2O3S/c1-14(2)18(15,16)12-8-7-11(17-12)9-13-10-5-3-4-6-10/h3-4,7-8,10,13H,5-6,9H2,1-2H3. The van der Waals surface area contributed by atoms with Gasteiger partial charge in [0.25, 0.3) is 10.0 Å². The fourth-order valence-corrected chi connectivity index (χ4v) is 2.61. The Morgan fingerprint density at radius 1 is 1.33 bits per heavy atom. The Morgan fingerprint density at radius 2 is 2.00 bits per heavy atom. The van der Waals surface area contributed by atoms with E-state index >= 15 is 0 Å². The molecule has 0 aliphatic heterocycles. The molecule has 0 atom stereocenters. The van der Waals surface area contributed by atoms with Crippen molar-refractivity contribution in [1.82, 2.24) is 9.62 Å². The normalized spacial score (nSPS) is 16.8. The largest absolute Gasteiger partial charge is 0.447 e. The van der Waals surface area contributed by atoms with Crippen molar-refractivity contribution >= 4 is 10.0 Å². The lowest BCUT2D eigenvalue weighted by atomic mass is 10.2. The Balaban J connectivity index is 1.98. The van der Waals surface area contributed by atoms with Crippen LogP contribution >= 0.6 is 0 Å². The zero-order chi connectivity index (χ0) is 13.2. The van der Waals surface area contributed by atoms with Gasteiger partial charge >= 0.3 is 0 Å². The van der Waals surface area contributed by atoms with Gasteiger partial charge < -0.3 is 9.73 Å². The van der Waals surface area contributed by atoms with Crippen molar-refractivity contribution in [3.05, 3.63) is 30.0 Å². The molecule has 1 aromatic rings. The molecule has 5 nitrogen and oxygen atoms in total.